The second kappa shape index (κ2) is 13.8. The standard InChI is InChI=1S/C33H32FN5O6/c1-4-44-32(41)30-20(2)36-33(42)37-31(30)22-11-14-27(28(15-22)43-3)45-19-29(40)38-35-16-23-18-39(26-8-6-5-7-25(23)26)17-21-9-12-24(34)13-10-21/h5-16,18,31H,4,17,19H2,1-3H3,(H,38,40)(H2,36,37,42)/b35-16-/t31-/m0/s1. The number of carbonyl (C=O) groups excluding carboxylic acids is 3. The second-order valence-electron chi connectivity index (χ2n) is 10.1. The molecule has 0 unspecified atom stereocenters. The average Bonchev–Trinajstić information content (AvgIpc) is 3.37. The van der Waals surface area contributed by atoms with Gasteiger partial charge in [-0.3, -0.25) is 4.79 Å². The molecule has 3 amide bonds. The van der Waals surface area contributed by atoms with Crippen LogP contribution in [0.4, 0.5) is 9.18 Å². The van der Waals surface area contributed by atoms with E-state index in [-0.39, 0.29) is 30.4 Å². The van der Waals surface area contributed by atoms with Gasteiger partial charge in [0.25, 0.3) is 5.91 Å². The number of esters is 1. The van der Waals surface area contributed by atoms with Gasteiger partial charge in [0.05, 0.1) is 31.5 Å². The summed E-state index contributed by atoms with van der Waals surface area (Å²) >= 11 is 0. The van der Waals surface area contributed by atoms with Crippen molar-refractivity contribution in [3.8, 4) is 11.5 Å². The Kier molecular flexibility index (Phi) is 9.42. The van der Waals surface area contributed by atoms with E-state index in [4.69, 9.17) is 14.2 Å². The van der Waals surface area contributed by atoms with Gasteiger partial charge in [0.15, 0.2) is 18.1 Å². The molecule has 5 rings (SSSR count). The van der Waals surface area contributed by atoms with Crippen LogP contribution in [-0.4, -0.2) is 49.0 Å². The number of para-hydroxylation sites is 1. The maximum Gasteiger partial charge on any atom is 0.338 e. The molecular formula is C33H32FN5O6. The van der Waals surface area contributed by atoms with Crippen LogP contribution in [-0.2, 0) is 20.9 Å². The number of fused-ring (bicyclic) bond motifs is 1. The van der Waals surface area contributed by atoms with E-state index in [0.717, 1.165) is 22.0 Å². The molecule has 0 saturated heterocycles. The van der Waals surface area contributed by atoms with Crippen molar-refractivity contribution in [3.05, 3.63) is 107 Å². The minimum absolute atomic E-state index is 0.180. The van der Waals surface area contributed by atoms with Crippen LogP contribution in [0.5, 0.6) is 11.5 Å². The van der Waals surface area contributed by atoms with Crippen LogP contribution in [0.15, 0.2) is 89.3 Å². The summed E-state index contributed by atoms with van der Waals surface area (Å²) in [5.41, 5.74) is 6.39. The number of halogens is 1. The fraction of sp³-hybridized carbons (Fsp3) is 0.212. The van der Waals surface area contributed by atoms with Crippen molar-refractivity contribution in [2.24, 2.45) is 5.10 Å². The number of hydrogen-bond donors (Lipinski definition) is 3. The molecule has 3 aromatic carbocycles. The Balaban J connectivity index is 1.24. The lowest BCUT2D eigenvalue weighted by Gasteiger charge is -2.28. The van der Waals surface area contributed by atoms with Crippen LogP contribution in [0, 0.1) is 5.82 Å². The molecule has 232 valence electrons. The number of methoxy groups -OCH3 is 1. The SMILES string of the molecule is CCOC(=O)C1=C(C)NC(=O)N[C@H]1c1ccc(OCC(=O)N/N=C\c2cn(Cc3ccc(F)cc3)c3ccccc23)c(OC)c1. The predicted octanol–water partition coefficient (Wildman–Crippen LogP) is 4.56. The van der Waals surface area contributed by atoms with Crippen LogP contribution < -0.4 is 25.5 Å². The summed E-state index contributed by atoms with van der Waals surface area (Å²) in [6.45, 7) is 3.69. The number of carbonyl (C=O) groups is 3. The maximum absolute atomic E-state index is 13.3. The van der Waals surface area contributed by atoms with Gasteiger partial charge in [-0.1, -0.05) is 36.4 Å². The van der Waals surface area contributed by atoms with E-state index in [2.05, 4.69) is 21.2 Å². The van der Waals surface area contributed by atoms with Gasteiger partial charge in [-0.2, -0.15) is 5.10 Å². The topological polar surface area (TPSA) is 132 Å². The van der Waals surface area contributed by atoms with Crippen molar-refractivity contribution in [1.82, 2.24) is 20.6 Å². The van der Waals surface area contributed by atoms with Gasteiger partial charge in [-0.15, -0.1) is 0 Å². The molecule has 0 bridgehead atoms. The van der Waals surface area contributed by atoms with E-state index in [0.29, 0.717) is 23.6 Å². The highest BCUT2D eigenvalue weighted by molar-refractivity contribution is 6.00. The third-order valence-electron chi connectivity index (χ3n) is 7.12. The molecule has 12 heteroatoms. The zero-order chi connectivity index (χ0) is 31.9. The Morgan fingerprint density at radius 3 is 2.62 bits per heavy atom. The molecule has 0 radical (unpaired) electrons. The first-order valence-corrected chi connectivity index (χ1v) is 14.2. The number of allylic oxidation sites excluding steroid dienone is 1. The molecule has 4 aromatic rings. The minimum Gasteiger partial charge on any atom is -0.493 e. The molecule has 0 spiro atoms. The minimum atomic E-state index is -0.778. The van der Waals surface area contributed by atoms with Crippen LogP contribution in [0.25, 0.3) is 10.9 Å². The van der Waals surface area contributed by atoms with E-state index in [1.807, 2.05) is 35.0 Å². The number of hydrazone groups is 1. The summed E-state index contributed by atoms with van der Waals surface area (Å²) in [5.74, 6) is -0.764. The fourth-order valence-electron chi connectivity index (χ4n) is 5.05. The quantitative estimate of drug-likeness (QED) is 0.129. The zero-order valence-electron chi connectivity index (χ0n) is 24.9. The zero-order valence-corrected chi connectivity index (χ0v) is 24.9. The fourth-order valence-corrected chi connectivity index (χ4v) is 5.05. The summed E-state index contributed by atoms with van der Waals surface area (Å²) in [7, 11) is 1.44. The number of benzene rings is 3. The number of aromatic nitrogens is 1. The molecule has 1 aromatic heterocycles. The van der Waals surface area contributed by atoms with Gasteiger partial charge >= 0.3 is 12.0 Å². The summed E-state index contributed by atoms with van der Waals surface area (Å²) in [6, 6.07) is 17.8. The maximum atomic E-state index is 13.3. The Bertz CT molecular complexity index is 1800. The Morgan fingerprint density at radius 2 is 1.87 bits per heavy atom. The van der Waals surface area contributed by atoms with Gasteiger partial charge in [0, 0.05) is 34.9 Å². The van der Waals surface area contributed by atoms with Crippen molar-refractivity contribution in [1.29, 1.82) is 0 Å². The third-order valence-corrected chi connectivity index (χ3v) is 7.12. The first kappa shape index (κ1) is 30.8. The number of hydrogen-bond acceptors (Lipinski definition) is 7. The number of nitrogens with one attached hydrogen (secondary N) is 3. The van der Waals surface area contributed by atoms with E-state index in [1.165, 1.54) is 19.2 Å². The lowest BCUT2D eigenvalue weighted by atomic mass is 9.95. The second-order valence-corrected chi connectivity index (χ2v) is 10.1. The molecule has 1 atom stereocenters. The summed E-state index contributed by atoms with van der Waals surface area (Å²) < 4.78 is 31.7. The molecule has 0 aliphatic carbocycles. The molecule has 1 aliphatic heterocycles. The van der Waals surface area contributed by atoms with Gasteiger partial charge < -0.3 is 29.4 Å². The highest BCUT2D eigenvalue weighted by Gasteiger charge is 2.32. The molecule has 3 N–H and O–H groups in total. The van der Waals surface area contributed by atoms with Crippen LogP contribution in [0.3, 0.4) is 0 Å². The summed E-state index contributed by atoms with van der Waals surface area (Å²) in [5, 5.41) is 10.4. The number of amides is 3. The molecule has 11 nitrogen and oxygen atoms in total. The largest absolute Gasteiger partial charge is 0.493 e. The van der Waals surface area contributed by atoms with Gasteiger partial charge in [-0.25, -0.2) is 19.4 Å². The lowest BCUT2D eigenvalue weighted by Crippen LogP contribution is -2.45. The molecular weight excluding hydrogens is 581 g/mol. The van der Waals surface area contributed by atoms with E-state index < -0.39 is 23.9 Å². The Morgan fingerprint density at radius 1 is 1.09 bits per heavy atom. The molecule has 0 fully saturated rings. The van der Waals surface area contributed by atoms with Gasteiger partial charge in [0.1, 0.15) is 5.82 Å². The third kappa shape index (κ3) is 7.12. The first-order valence-electron chi connectivity index (χ1n) is 14.2. The predicted molar refractivity (Wildman–Crippen MR) is 165 cm³/mol. The van der Waals surface area contributed by atoms with Crippen molar-refractivity contribution < 1.29 is 33.0 Å². The van der Waals surface area contributed by atoms with E-state index >= 15 is 0 Å². The van der Waals surface area contributed by atoms with Crippen molar-refractivity contribution >= 4 is 35.0 Å². The summed E-state index contributed by atoms with van der Waals surface area (Å²) in [6.07, 6.45) is 3.47. The van der Waals surface area contributed by atoms with Gasteiger partial charge in [-0.05, 0) is 55.3 Å². The smallest absolute Gasteiger partial charge is 0.338 e. The van der Waals surface area contributed by atoms with Crippen molar-refractivity contribution in [3.63, 3.8) is 0 Å². The van der Waals surface area contributed by atoms with E-state index in [9.17, 15) is 18.8 Å². The van der Waals surface area contributed by atoms with E-state index in [1.54, 1.807) is 50.4 Å². The Hall–Kier alpha value is -5.65. The van der Waals surface area contributed by atoms with Crippen LogP contribution in [0.2, 0.25) is 0 Å². The van der Waals surface area contributed by atoms with Crippen LogP contribution >= 0.6 is 0 Å². The van der Waals surface area contributed by atoms with Crippen molar-refractivity contribution in [2.45, 2.75) is 26.4 Å². The molecule has 1 aliphatic rings. The number of ether oxygens (including phenoxy) is 3. The Labute approximate surface area is 258 Å². The van der Waals surface area contributed by atoms with Crippen molar-refractivity contribution in [2.75, 3.05) is 20.3 Å². The molecule has 2 heterocycles. The number of rotatable bonds is 11. The first-order chi connectivity index (χ1) is 21.8. The normalized spacial score (nSPS) is 14.7. The number of urea groups is 1. The molecule has 0 saturated carbocycles. The molecule has 45 heavy (non-hydrogen) atoms. The van der Waals surface area contributed by atoms with Crippen LogP contribution in [0.1, 0.15) is 36.6 Å². The van der Waals surface area contributed by atoms with Gasteiger partial charge in [0.2, 0.25) is 0 Å². The highest BCUT2D eigenvalue weighted by Crippen LogP contribution is 2.34. The number of nitrogens with zero attached hydrogens (tertiary/aromatic N) is 2. The lowest BCUT2D eigenvalue weighted by molar-refractivity contribution is -0.139. The monoisotopic (exact) mass is 613 g/mol. The summed E-state index contributed by atoms with van der Waals surface area (Å²) in [4.78, 5) is 37.4. The highest BCUT2D eigenvalue weighted by atomic mass is 19.1. The average molecular weight is 614 g/mol.